The highest BCUT2D eigenvalue weighted by atomic mass is 16.5. The summed E-state index contributed by atoms with van der Waals surface area (Å²) in [6, 6.07) is 8.02. The quantitative estimate of drug-likeness (QED) is 0.114. The lowest BCUT2D eigenvalue weighted by Crippen LogP contribution is -2.52. The number of ether oxygens (including phenoxy) is 4. The first kappa shape index (κ1) is 36.4. The van der Waals surface area contributed by atoms with E-state index in [9.17, 15) is 14.4 Å². The number of alkyl carbamates (subject to hydrolysis) is 1. The van der Waals surface area contributed by atoms with E-state index >= 15 is 0 Å². The van der Waals surface area contributed by atoms with Crippen molar-refractivity contribution in [2.45, 2.75) is 76.5 Å². The van der Waals surface area contributed by atoms with Gasteiger partial charge in [-0.05, 0) is 60.2 Å². The topological polar surface area (TPSA) is 103 Å². The van der Waals surface area contributed by atoms with Crippen molar-refractivity contribution in [3.05, 3.63) is 73.3 Å². The van der Waals surface area contributed by atoms with Crippen LogP contribution in [-0.2, 0) is 29.4 Å². The van der Waals surface area contributed by atoms with Gasteiger partial charge in [-0.15, -0.1) is 13.2 Å². The largest absolute Gasteiger partial charge is 0.496 e. The molecule has 1 fully saturated rings. The third-order valence-electron chi connectivity index (χ3n) is 8.69. The average molecular weight is 635 g/mol. The number of hydrogen-bond donors (Lipinski definition) is 1. The van der Waals surface area contributed by atoms with Crippen LogP contribution >= 0.6 is 0 Å². The molecule has 2 aromatic rings. The number of nitrogens with zero attached hydrogens (tertiary/aromatic N) is 1. The van der Waals surface area contributed by atoms with Crippen LogP contribution in [-0.4, -0.2) is 69.4 Å². The number of likely N-dealkylation sites (tertiary alicyclic amines) is 1. The molecular formula is C37H50N2O7. The standard InChI is InChI=1S/C37H50N2O7/c1-9-12-13-14-15-16-30(38-35(42)46-25-36(4,5)19-10-2)33(40)39-24-37(45-8,23-31(39)34(41)44-7)29-18-17-27-22-32(43-6)26(11-3)20-28(27)21-29/h9-11,17-18,20-22,30-31H,1-3,12-16,19,23-25H2,4-8H3,(H,38,42)/t30-,31?,37?/m0/s1. The Morgan fingerprint density at radius 2 is 1.80 bits per heavy atom. The zero-order chi connectivity index (χ0) is 33.9. The second-order valence-corrected chi connectivity index (χ2v) is 12.6. The first-order valence-electron chi connectivity index (χ1n) is 15.8. The zero-order valence-electron chi connectivity index (χ0n) is 28.1. The van der Waals surface area contributed by atoms with Crippen LogP contribution in [0.15, 0.2) is 62.2 Å². The third-order valence-corrected chi connectivity index (χ3v) is 8.69. The van der Waals surface area contributed by atoms with Gasteiger partial charge in [0.1, 0.15) is 23.4 Å². The number of esters is 1. The van der Waals surface area contributed by atoms with Crippen molar-refractivity contribution in [1.82, 2.24) is 10.2 Å². The fourth-order valence-electron chi connectivity index (χ4n) is 6.01. The maximum atomic E-state index is 14.3. The summed E-state index contributed by atoms with van der Waals surface area (Å²) >= 11 is 0. The molecule has 46 heavy (non-hydrogen) atoms. The Bertz CT molecular complexity index is 1420. The zero-order valence-corrected chi connectivity index (χ0v) is 28.1. The number of amides is 2. The Labute approximate surface area is 273 Å². The highest BCUT2D eigenvalue weighted by Crippen LogP contribution is 2.41. The molecule has 1 heterocycles. The smallest absolute Gasteiger partial charge is 0.407 e. The summed E-state index contributed by atoms with van der Waals surface area (Å²) in [6.07, 6.45) is 9.26. The van der Waals surface area contributed by atoms with Crippen LogP contribution in [0, 0.1) is 5.41 Å². The van der Waals surface area contributed by atoms with Gasteiger partial charge in [-0.3, -0.25) is 4.79 Å². The van der Waals surface area contributed by atoms with Crippen LogP contribution in [0.5, 0.6) is 5.75 Å². The Morgan fingerprint density at radius 1 is 1.04 bits per heavy atom. The van der Waals surface area contributed by atoms with Gasteiger partial charge in [0.2, 0.25) is 5.91 Å². The molecule has 1 aliphatic rings. The van der Waals surface area contributed by atoms with Crippen LogP contribution in [0.3, 0.4) is 0 Å². The fraction of sp³-hybridized carbons (Fsp3) is 0.486. The number of carbonyl (C=O) groups is 3. The van der Waals surface area contributed by atoms with Gasteiger partial charge in [0.15, 0.2) is 0 Å². The van der Waals surface area contributed by atoms with Crippen LogP contribution in [0.1, 0.15) is 69.9 Å². The lowest BCUT2D eigenvalue weighted by molar-refractivity contribution is -0.151. The van der Waals surface area contributed by atoms with Crippen molar-refractivity contribution in [1.29, 1.82) is 0 Å². The molecule has 0 spiro atoms. The minimum Gasteiger partial charge on any atom is -0.496 e. The van der Waals surface area contributed by atoms with E-state index in [0.29, 0.717) is 25.0 Å². The Morgan fingerprint density at radius 3 is 2.43 bits per heavy atom. The molecule has 250 valence electrons. The number of methoxy groups -OCH3 is 3. The molecule has 2 amide bonds. The normalized spacial score (nSPS) is 18.5. The number of fused-ring (bicyclic) bond motifs is 1. The number of allylic oxidation sites excluding steroid dienone is 2. The number of nitrogens with one attached hydrogen (secondary N) is 1. The number of unbranched alkanes of at least 4 members (excludes halogenated alkanes) is 3. The third kappa shape index (κ3) is 8.78. The predicted molar refractivity (Wildman–Crippen MR) is 182 cm³/mol. The average Bonchev–Trinajstić information content (AvgIpc) is 3.46. The van der Waals surface area contributed by atoms with E-state index in [1.54, 1.807) is 26.4 Å². The van der Waals surface area contributed by atoms with Gasteiger partial charge in [0.25, 0.3) is 0 Å². The summed E-state index contributed by atoms with van der Waals surface area (Å²) in [6.45, 7) is 15.6. The molecular weight excluding hydrogens is 584 g/mol. The minimum absolute atomic E-state index is 0.0914. The van der Waals surface area contributed by atoms with Gasteiger partial charge >= 0.3 is 12.1 Å². The molecule has 2 aromatic carbocycles. The van der Waals surface area contributed by atoms with Gasteiger partial charge in [-0.2, -0.15) is 0 Å². The van der Waals surface area contributed by atoms with Crippen molar-refractivity contribution < 1.29 is 33.3 Å². The molecule has 0 aliphatic carbocycles. The van der Waals surface area contributed by atoms with Crippen LogP contribution in [0.25, 0.3) is 16.8 Å². The number of carbonyl (C=O) groups excluding carboxylic acids is 3. The molecule has 0 radical (unpaired) electrons. The highest BCUT2D eigenvalue weighted by Gasteiger charge is 2.52. The lowest BCUT2D eigenvalue weighted by Gasteiger charge is -2.30. The van der Waals surface area contributed by atoms with Crippen molar-refractivity contribution in [2.24, 2.45) is 5.41 Å². The molecule has 9 heteroatoms. The molecule has 0 saturated carbocycles. The van der Waals surface area contributed by atoms with Gasteiger partial charge in [0, 0.05) is 24.5 Å². The van der Waals surface area contributed by atoms with E-state index in [0.717, 1.165) is 41.2 Å². The van der Waals surface area contributed by atoms with Crippen LogP contribution in [0.2, 0.25) is 0 Å². The summed E-state index contributed by atoms with van der Waals surface area (Å²) < 4.78 is 22.4. The Hall–Kier alpha value is -4.11. The van der Waals surface area contributed by atoms with Gasteiger partial charge < -0.3 is 29.2 Å². The summed E-state index contributed by atoms with van der Waals surface area (Å²) in [5.74, 6) is -0.226. The van der Waals surface area contributed by atoms with Crippen molar-refractivity contribution >= 4 is 34.8 Å². The maximum absolute atomic E-state index is 14.3. The predicted octanol–water partition coefficient (Wildman–Crippen LogP) is 6.94. The lowest BCUT2D eigenvalue weighted by atomic mass is 9.89. The van der Waals surface area contributed by atoms with E-state index in [4.69, 9.17) is 18.9 Å². The monoisotopic (exact) mass is 634 g/mol. The molecule has 1 N–H and O–H groups in total. The SMILES string of the molecule is C=CCCCCC[C@H](NC(=O)OCC(C)(C)CC=C)C(=O)N1CC(OC)(c2ccc3cc(OC)c(C=C)cc3c2)CC1C(=O)OC. The minimum atomic E-state index is -0.999. The first-order chi connectivity index (χ1) is 22.0. The summed E-state index contributed by atoms with van der Waals surface area (Å²) in [5.41, 5.74) is 0.352. The van der Waals surface area contributed by atoms with E-state index in [2.05, 4.69) is 25.1 Å². The second-order valence-electron chi connectivity index (χ2n) is 12.6. The highest BCUT2D eigenvalue weighted by molar-refractivity contribution is 5.91. The van der Waals surface area contributed by atoms with E-state index in [-0.39, 0.29) is 30.9 Å². The molecule has 0 bridgehead atoms. The summed E-state index contributed by atoms with van der Waals surface area (Å²) in [5, 5.41) is 4.69. The molecule has 1 aliphatic heterocycles. The van der Waals surface area contributed by atoms with Crippen LogP contribution in [0.4, 0.5) is 4.79 Å². The van der Waals surface area contributed by atoms with Crippen molar-refractivity contribution in [3.8, 4) is 5.75 Å². The molecule has 3 atom stereocenters. The Kier molecular flexibility index (Phi) is 13.0. The first-order valence-corrected chi connectivity index (χ1v) is 15.8. The van der Waals surface area contributed by atoms with Gasteiger partial charge in [-0.25, -0.2) is 9.59 Å². The molecule has 9 nitrogen and oxygen atoms in total. The number of hydrogen-bond acceptors (Lipinski definition) is 7. The number of benzene rings is 2. The van der Waals surface area contributed by atoms with Gasteiger partial charge in [-0.1, -0.05) is 63.6 Å². The van der Waals surface area contributed by atoms with Crippen molar-refractivity contribution in [2.75, 3.05) is 34.5 Å². The van der Waals surface area contributed by atoms with E-state index < -0.39 is 29.7 Å². The van der Waals surface area contributed by atoms with E-state index in [1.165, 1.54) is 12.0 Å². The molecule has 0 aromatic heterocycles. The molecule has 2 unspecified atom stereocenters. The van der Waals surface area contributed by atoms with Crippen LogP contribution < -0.4 is 10.1 Å². The van der Waals surface area contributed by atoms with Crippen molar-refractivity contribution in [3.63, 3.8) is 0 Å². The maximum Gasteiger partial charge on any atom is 0.407 e. The van der Waals surface area contributed by atoms with Gasteiger partial charge in [0.05, 0.1) is 27.4 Å². The Balaban J connectivity index is 1.94. The number of rotatable bonds is 17. The van der Waals surface area contributed by atoms with E-state index in [1.807, 2.05) is 50.3 Å². The summed E-state index contributed by atoms with van der Waals surface area (Å²) in [7, 11) is 4.50. The fourth-order valence-corrected chi connectivity index (χ4v) is 6.01. The summed E-state index contributed by atoms with van der Waals surface area (Å²) in [4.78, 5) is 41.9. The molecule has 1 saturated heterocycles. The molecule has 3 rings (SSSR count). The second kappa shape index (κ2) is 16.5.